The highest BCUT2D eigenvalue weighted by molar-refractivity contribution is 5.80. The molecule has 228 valence electrons. The van der Waals surface area contributed by atoms with Crippen molar-refractivity contribution in [3.63, 3.8) is 0 Å². The second-order valence-corrected chi connectivity index (χ2v) is 15.2. The first-order chi connectivity index (χ1) is 18.1. The van der Waals surface area contributed by atoms with E-state index in [0.717, 1.165) is 39.0 Å². The molecule has 6 unspecified atom stereocenters. The van der Waals surface area contributed by atoms with E-state index in [1.807, 2.05) is 0 Å². The minimum absolute atomic E-state index is 0.00310. The van der Waals surface area contributed by atoms with Crippen LogP contribution in [0.3, 0.4) is 0 Å². The lowest BCUT2D eigenvalue weighted by Crippen LogP contribution is -2.60. The Morgan fingerprint density at radius 3 is 1.80 bits per heavy atom. The van der Waals surface area contributed by atoms with Crippen molar-refractivity contribution in [2.24, 2.45) is 58.2 Å². The lowest BCUT2D eigenvalue weighted by Gasteiger charge is -2.59. The van der Waals surface area contributed by atoms with Crippen LogP contribution in [0.25, 0.3) is 0 Å². The normalized spacial score (nSPS) is 44.0. The number of esters is 2. The zero-order valence-electron chi connectivity index (χ0n) is 24.2. The van der Waals surface area contributed by atoms with E-state index in [4.69, 9.17) is 9.47 Å². The van der Waals surface area contributed by atoms with Crippen molar-refractivity contribution in [2.75, 3.05) is 0 Å². The Labute approximate surface area is 232 Å². The molecule has 4 nitrogen and oxygen atoms in total. The molecule has 6 atom stereocenters. The third kappa shape index (κ3) is 4.38. The molecule has 6 rings (SSSR count). The van der Waals surface area contributed by atoms with Crippen molar-refractivity contribution < 1.29 is 45.4 Å². The molecule has 40 heavy (non-hydrogen) atoms. The second kappa shape index (κ2) is 9.01. The molecule has 0 aromatic rings. The Kier molecular flexibility index (Phi) is 6.76. The van der Waals surface area contributed by atoms with Gasteiger partial charge in [-0.25, -0.2) is 0 Å². The number of hydrogen-bond acceptors (Lipinski definition) is 4. The maximum absolute atomic E-state index is 14.8. The summed E-state index contributed by atoms with van der Waals surface area (Å²) in [6.07, 6.45) is -7.01. The van der Waals surface area contributed by atoms with Gasteiger partial charge in [-0.1, -0.05) is 6.92 Å². The first kappa shape index (κ1) is 30.0. The fourth-order valence-corrected chi connectivity index (χ4v) is 9.59. The third-order valence-corrected chi connectivity index (χ3v) is 11.8. The summed E-state index contributed by atoms with van der Waals surface area (Å²) < 4.78 is 99.8. The van der Waals surface area contributed by atoms with Gasteiger partial charge >= 0.3 is 24.3 Å². The number of rotatable bonds is 5. The molecule has 6 aliphatic carbocycles. The molecule has 0 aromatic carbocycles. The smallest absolute Gasteiger partial charge is 0.405 e. The highest BCUT2D eigenvalue weighted by atomic mass is 19.4. The molecule has 0 aliphatic heterocycles. The van der Waals surface area contributed by atoms with Crippen LogP contribution in [0.5, 0.6) is 0 Å². The summed E-state index contributed by atoms with van der Waals surface area (Å²) in [7, 11) is 0. The van der Waals surface area contributed by atoms with Gasteiger partial charge in [-0.2, -0.15) is 26.3 Å². The van der Waals surface area contributed by atoms with Gasteiger partial charge in [0.15, 0.2) is 10.8 Å². The summed E-state index contributed by atoms with van der Waals surface area (Å²) in [4.78, 5) is 26.8. The largest absolute Gasteiger partial charge is 0.459 e. The van der Waals surface area contributed by atoms with Crippen LogP contribution in [-0.4, -0.2) is 35.5 Å². The second-order valence-electron chi connectivity index (χ2n) is 15.2. The average molecular weight is 581 g/mol. The predicted octanol–water partition coefficient (Wildman–Crippen LogP) is 7.89. The van der Waals surface area contributed by atoms with Gasteiger partial charge in [0, 0.05) is 0 Å². The van der Waals surface area contributed by atoms with E-state index >= 15 is 0 Å². The lowest BCUT2D eigenvalue weighted by molar-refractivity contribution is -0.269. The first-order valence-electron chi connectivity index (χ1n) is 14.7. The number of halogens is 6. The molecule has 6 fully saturated rings. The van der Waals surface area contributed by atoms with Gasteiger partial charge in [0.1, 0.15) is 11.2 Å². The Hall–Kier alpha value is -1.48. The Morgan fingerprint density at radius 1 is 0.850 bits per heavy atom. The fraction of sp³-hybridized carbons (Fsp3) is 0.933. The zero-order valence-corrected chi connectivity index (χ0v) is 24.2. The van der Waals surface area contributed by atoms with E-state index in [0.29, 0.717) is 11.8 Å². The summed E-state index contributed by atoms with van der Waals surface area (Å²) >= 11 is 0. The van der Waals surface area contributed by atoms with Gasteiger partial charge in [-0.15, -0.1) is 0 Å². The maximum atomic E-state index is 14.8. The van der Waals surface area contributed by atoms with Crippen LogP contribution < -0.4 is 0 Å². The predicted molar refractivity (Wildman–Crippen MR) is 134 cm³/mol. The van der Waals surface area contributed by atoms with Gasteiger partial charge < -0.3 is 9.47 Å². The van der Waals surface area contributed by atoms with Gasteiger partial charge in [-0.05, 0) is 133 Å². The number of hydrogen-bond donors (Lipinski definition) is 0. The monoisotopic (exact) mass is 580 g/mol. The van der Waals surface area contributed by atoms with Gasteiger partial charge in [0.05, 0.1) is 0 Å². The van der Waals surface area contributed by atoms with E-state index in [2.05, 4.69) is 0 Å². The van der Waals surface area contributed by atoms with Crippen LogP contribution in [0.4, 0.5) is 26.3 Å². The number of carbonyl (C=O) groups excluding carboxylic acids is 2. The lowest BCUT2D eigenvalue weighted by atomic mass is 9.50. The van der Waals surface area contributed by atoms with Gasteiger partial charge in [0.2, 0.25) is 0 Å². The Morgan fingerprint density at radius 2 is 1.38 bits per heavy atom. The van der Waals surface area contributed by atoms with Crippen molar-refractivity contribution in [1.29, 1.82) is 0 Å². The van der Waals surface area contributed by atoms with Crippen LogP contribution in [0, 0.1) is 58.2 Å². The fourth-order valence-electron chi connectivity index (χ4n) is 9.59. The van der Waals surface area contributed by atoms with Crippen molar-refractivity contribution >= 4 is 11.9 Å². The number of ether oxygens (including phenoxy) is 2. The molecule has 0 heterocycles. The molecule has 0 saturated heterocycles. The van der Waals surface area contributed by atoms with Crippen molar-refractivity contribution in [3.8, 4) is 0 Å². The molecule has 0 spiro atoms. The summed E-state index contributed by atoms with van der Waals surface area (Å²) in [5, 5.41) is 0. The van der Waals surface area contributed by atoms with Crippen molar-refractivity contribution in [3.05, 3.63) is 0 Å². The van der Waals surface area contributed by atoms with E-state index in [9.17, 15) is 35.9 Å². The number of alkyl halides is 6. The molecular formula is C30H42F6O4. The van der Waals surface area contributed by atoms with E-state index in [-0.39, 0.29) is 18.3 Å². The number of carbonyl (C=O) groups is 2. The molecule has 6 bridgehead atoms. The molecular weight excluding hydrogens is 538 g/mol. The molecule has 0 N–H and O–H groups in total. The average Bonchev–Trinajstić information content (AvgIpc) is 3.32. The minimum atomic E-state index is -5.04. The number of fused-ring (bicyclic) bond motifs is 2. The van der Waals surface area contributed by atoms with Crippen molar-refractivity contribution in [1.82, 2.24) is 0 Å². The molecule has 0 aromatic heterocycles. The summed E-state index contributed by atoms with van der Waals surface area (Å²) in [5.74, 6) is -5.49. The highest BCUT2D eigenvalue weighted by Gasteiger charge is 2.75. The quantitative estimate of drug-likeness (QED) is 0.245. The summed E-state index contributed by atoms with van der Waals surface area (Å²) in [5.41, 5.74) is -8.11. The van der Waals surface area contributed by atoms with Crippen LogP contribution in [0.15, 0.2) is 0 Å². The molecule has 6 aliphatic rings. The van der Waals surface area contributed by atoms with E-state index in [1.54, 1.807) is 13.8 Å². The van der Waals surface area contributed by atoms with Gasteiger partial charge in [-0.3, -0.25) is 9.59 Å². The maximum Gasteiger partial charge on any atom is 0.405 e. The Bertz CT molecular complexity index is 1020. The highest BCUT2D eigenvalue weighted by Crippen LogP contribution is 2.69. The SMILES string of the molecule is CC1C2CC(C1CC(C)(C(=O)OC1(C)C3CC4CC(C3)CC1C4)C(F)(F)F)C(C(=O)OC(C)(C)C)(C(F)(F)F)C2. The van der Waals surface area contributed by atoms with Crippen molar-refractivity contribution in [2.45, 2.75) is 116 Å². The summed E-state index contributed by atoms with van der Waals surface area (Å²) in [6, 6.07) is 0. The van der Waals surface area contributed by atoms with Crippen LogP contribution in [0.1, 0.15) is 92.9 Å². The third-order valence-electron chi connectivity index (χ3n) is 11.8. The first-order valence-corrected chi connectivity index (χ1v) is 14.7. The molecule has 0 radical (unpaired) electrons. The van der Waals surface area contributed by atoms with Gasteiger partial charge in [0.25, 0.3) is 0 Å². The molecule has 6 saturated carbocycles. The van der Waals surface area contributed by atoms with Crippen LogP contribution in [0.2, 0.25) is 0 Å². The topological polar surface area (TPSA) is 52.6 Å². The summed E-state index contributed by atoms with van der Waals surface area (Å²) in [6.45, 7) is 8.56. The van der Waals surface area contributed by atoms with Crippen LogP contribution >= 0.6 is 0 Å². The molecule has 10 heteroatoms. The van der Waals surface area contributed by atoms with Crippen LogP contribution in [-0.2, 0) is 19.1 Å². The standard InChI is InChI=1S/C30H42F6O4/c1-15-18-12-22(28(13-18,30(34,35)36)24(38)39-25(2,3)4)21(15)14-26(5,29(31,32)33)23(37)40-27(6)19-8-16-7-17(10-19)11-20(27)9-16/h15-22H,7-14H2,1-6H3. The molecule has 0 amide bonds. The zero-order chi connectivity index (χ0) is 29.8. The van der Waals surface area contributed by atoms with E-state index < -0.39 is 82.8 Å². The van der Waals surface area contributed by atoms with E-state index in [1.165, 1.54) is 20.8 Å². The Balaban J connectivity index is 1.45. The minimum Gasteiger partial charge on any atom is -0.459 e.